The minimum absolute atomic E-state index is 0.166. The van der Waals surface area contributed by atoms with Crippen LogP contribution in [0.1, 0.15) is 18.1 Å². The van der Waals surface area contributed by atoms with E-state index >= 15 is 0 Å². The minimum atomic E-state index is -0.219. The molecule has 0 saturated carbocycles. The molecule has 0 unspecified atom stereocenters. The summed E-state index contributed by atoms with van der Waals surface area (Å²) >= 11 is 0. The number of ether oxygens (including phenoxy) is 2. The van der Waals surface area contributed by atoms with Crippen LogP contribution in [0.25, 0.3) is 10.9 Å². The van der Waals surface area contributed by atoms with Gasteiger partial charge in [0, 0.05) is 36.1 Å². The lowest BCUT2D eigenvalue weighted by molar-refractivity contribution is 0.164. The number of aromatic nitrogens is 1. The van der Waals surface area contributed by atoms with Gasteiger partial charge < -0.3 is 24.3 Å². The van der Waals surface area contributed by atoms with Crippen molar-refractivity contribution in [1.29, 1.82) is 0 Å². The van der Waals surface area contributed by atoms with E-state index in [1.807, 2.05) is 55.5 Å². The number of urea groups is 1. The molecule has 2 aromatic carbocycles. The maximum Gasteiger partial charge on any atom is 0.320 e. The van der Waals surface area contributed by atoms with Crippen molar-refractivity contribution in [3.8, 4) is 11.5 Å². The van der Waals surface area contributed by atoms with Gasteiger partial charge in [-0.3, -0.25) is 4.79 Å². The number of carbonyl (C=O) groups is 1. The Labute approximate surface area is 175 Å². The van der Waals surface area contributed by atoms with Gasteiger partial charge in [0.1, 0.15) is 11.5 Å². The molecule has 0 fully saturated rings. The van der Waals surface area contributed by atoms with Crippen LogP contribution in [0.4, 0.5) is 4.79 Å². The summed E-state index contributed by atoms with van der Waals surface area (Å²) in [5.74, 6) is 1.43. The summed E-state index contributed by atoms with van der Waals surface area (Å²) in [6.45, 7) is 2.97. The highest BCUT2D eigenvalue weighted by atomic mass is 16.5. The normalized spacial score (nSPS) is 10.7. The average Bonchev–Trinajstić information content (AvgIpc) is 2.74. The molecule has 0 bridgehead atoms. The van der Waals surface area contributed by atoms with E-state index in [1.165, 1.54) is 4.90 Å². The number of H-pyrrole nitrogens is 1. The predicted octanol–water partition coefficient (Wildman–Crippen LogP) is 3.62. The fourth-order valence-corrected chi connectivity index (χ4v) is 3.32. The van der Waals surface area contributed by atoms with E-state index in [0.717, 1.165) is 22.2 Å². The Morgan fingerprint density at radius 2 is 1.77 bits per heavy atom. The standard InChI is InChI=1S/C23H27N3O4/c1-5-30-19-10-11-20-17(13-19)12-18(22(27)24-20)15-26(23(28)25(2)3)14-16-8-6-7-9-21(16)29-4/h6-13H,5,14-15H2,1-4H3,(H,24,27). The highest BCUT2D eigenvalue weighted by molar-refractivity contribution is 5.81. The summed E-state index contributed by atoms with van der Waals surface area (Å²) in [6, 6.07) is 14.7. The number of hydrogen-bond acceptors (Lipinski definition) is 4. The topological polar surface area (TPSA) is 74.9 Å². The van der Waals surface area contributed by atoms with E-state index in [0.29, 0.717) is 24.5 Å². The van der Waals surface area contributed by atoms with Gasteiger partial charge >= 0.3 is 6.03 Å². The molecule has 1 N–H and O–H groups in total. The lowest BCUT2D eigenvalue weighted by Gasteiger charge is -2.26. The van der Waals surface area contributed by atoms with Crippen LogP contribution in [0.3, 0.4) is 0 Å². The molecule has 0 aliphatic rings. The number of hydrogen-bond donors (Lipinski definition) is 1. The number of methoxy groups -OCH3 is 1. The highest BCUT2D eigenvalue weighted by Crippen LogP contribution is 2.22. The van der Waals surface area contributed by atoms with Crippen LogP contribution in [-0.4, -0.2) is 48.6 Å². The van der Waals surface area contributed by atoms with Crippen molar-refractivity contribution >= 4 is 16.9 Å². The zero-order valence-electron chi connectivity index (χ0n) is 17.8. The molecule has 3 rings (SSSR count). The third-order valence-corrected chi connectivity index (χ3v) is 4.77. The van der Waals surface area contributed by atoms with Crippen molar-refractivity contribution < 1.29 is 14.3 Å². The Morgan fingerprint density at radius 3 is 2.47 bits per heavy atom. The van der Waals surface area contributed by atoms with Crippen molar-refractivity contribution in [2.75, 3.05) is 27.8 Å². The fourth-order valence-electron chi connectivity index (χ4n) is 3.32. The summed E-state index contributed by atoms with van der Waals surface area (Å²) < 4.78 is 11.0. The maximum absolute atomic E-state index is 12.8. The Hall–Kier alpha value is -3.48. The zero-order chi connectivity index (χ0) is 21.7. The van der Waals surface area contributed by atoms with Crippen LogP contribution < -0.4 is 15.0 Å². The lowest BCUT2D eigenvalue weighted by Crippen LogP contribution is -2.39. The molecule has 0 aliphatic carbocycles. The van der Waals surface area contributed by atoms with Crippen molar-refractivity contribution in [2.24, 2.45) is 0 Å². The largest absolute Gasteiger partial charge is 0.496 e. The van der Waals surface area contributed by atoms with Gasteiger partial charge in [-0.1, -0.05) is 18.2 Å². The van der Waals surface area contributed by atoms with Crippen molar-refractivity contribution in [3.05, 3.63) is 70.0 Å². The molecule has 3 aromatic rings. The van der Waals surface area contributed by atoms with Crippen LogP contribution in [0.15, 0.2) is 53.3 Å². The van der Waals surface area contributed by atoms with Crippen LogP contribution in [0.5, 0.6) is 11.5 Å². The van der Waals surface area contributed by atoms with Gasteiger partial charge in [-0.15, -0.1) is 0 Å². The first-order valence-corrected chi connectivity index (χ1v) is 9.79. The molecular weight excluding hydrogens is 382 g/mol. The van der Waals surface area contributed by atoms with Gasteiger partial charge in [0.2, 0.25) is 0 Å². The third-order valence-electron chi connectivity index (χ3n) is 4.77. The Kier molecular flexibility index (Phi) is 6.61. The fraction of sp³-hybridized carbons (Fsp3) is 0.304. The van der Waals surface area contributed by atoms with Crippen molar-refractivity contribution in [2.45, 2.75) is 20.0 Å². The Morgan fingerprint density at radius 1 is 1.03 bits per heavy atom. The van der Waals surface area contributed by atoms with Gasteiger partial charge in [-0.25, -0.2) is 4.79 Å². The summed E-state index contributed by atoms with van der Waals surface area (Å²) in [6.07, 6.45) is 0. The number of aromatic amines is 1. The van der Waals surface area contributed by atoms with Crippen LogP contribution in [0.2, 0.25) is 0 Å². The molecule has 7 heteroatoms. The second-order valence-corrected chi connectivity index (χ2v) is 7.15. The average molecular weight is 409 g/mol. The minimum Gasteiger partial charge on any atom is -0.496 e. The smallest absolute Gasteiger partial charge is 0.320 e. The number of amides is 2. The molecule has 0 atom stereocenters. The van der Waals surface area contributed by atoms with Gasteiger partial charge in [-0.05, 0) is 37.3 Å². The number of nitrogens with one attached hydrogen (secondary N) is 1. The molecule has 158 valence electrons. The first-order valence-electron chi connectivity index (χ1n) is 9.79. The Bertz CT molecular complexity index is 1090. The molecule has 2 amide bonds. The van der Waals surface area contributed by atoms with E-state index in [4.69, 9.17) is 9.47 Å². The number of pyridine rings is 1. The highest BCUT2D eigenvalue weighted by Gasteiger charge is 2.20. The van der Waals surface area contributed by atoms with Crippen LogP contribution in [0, 0.1) is 0 Å². The molecule has 0 spiro atoms. The second-order valence-electron chi connectivity index (χ2n) is 7.15. The molecular formula is C23H27N3O4. The molecule has 0 saturated heterocycles. The first-order chi connectivity index (χ1) is 14.4. The number of fused-ring (bicyclic) bond motifs is 1. The van der Waals surface area contributed by atoms with Gasteiger partial charge in [0.05, 0.1) is 26.8 Å². The quantitative estimate of drug-likeness (QED) is 0.647. The SMILES string of the molecule is CCOc1ccc2[nH]c(=O)c(CN(Cc3ccccc3OC)C(=O)N(C)C)cc2c1. The molecule has 0 aliphatic heterocycles. The summed E-state index contributed by atoms with van der Waals surface area (Å²) in [5, 5.41) is 0.852. The van der Waals surface area contributed by atoms with Gasteiger partial charge in [0.25, 0.3) is 5.56 Å². The first kappa shape index (κ1) is 21.2. The summed E-state index contributed by atoms with van der Waals surface area (Å²) in [5.41, 5.74) is 1.87. The number of carbonyl (C=O) groups excluding carboxylic acids is 1. The summed E-state index contributed by atoms with van der Waals surface area (Å²) in [7, 11) is 4.98. The monoisotopic (exact) mass is 409 g/mol. The van der Waals surface area contributed by atoms with Crippen LogP contribution >= 0.6 is 0 Å². The Balaban J connectivity index is 1.97. The molecule has 1 heterocycles. The van der Waals surface area contributed by atoms with E-state index in [2.05, 4.69) is 4.98 Å². The molecule has 7 nitrogen and oxygen atoms in total. The number of rotatable bonds is 7. The molecule has 30 heavy (non-hydrogen) atoms. The number of benzene rings is 2. The zero-order valence-corrected chi connectivity index (χ0v) is 17.8. The van der Waals surface area contributed by atoms with E-state index in [-0.39, 0.29) is 18.1 Å². The van der Waals surface area contributed by atoms with Crippen LogP contribution in [-0.2, 0) is 13.1 Å². The van der Waals surface area contributed by atoms with E-state index < -0.39 is 0 Å². The predicted molar refractivity (Wildman–Crippen MR) is 117 cm³/mol. The molecule has 0 radical (unpaired) electrons. The lowest BCUT2D eigenvalue weighted by atomic mass is 10.1. The van der Waals surface area contributed by atoms with Gasteiger partial charge in [0.15, 0.2) is 0 Å². The second kappa shape index (κ2) is 9.35. The van der Waals surface area contributed by atoms with E-state index in [1.54, 1.807) is 26.1 Å². The maximum atomic E-state index is 12.8. The van der Waals surface area contributed by atoms with Crippen molar-refractivity contribution in [1.82, 2.24) is 14.8 Å². The van der Waals surface area contributed by atoms with Gasteiger partial charge in [-0.2, -0.15) is 0 Å². The summed E-state index contributed by atoms with van der Waals surface area (Å²) in [4.78, 5) is 31.6. The van der Waals surface area contributed by atoms with Crippen molar-refractivity contribution in [3.63, 3.8) is 0 Å². The number of nitrogens with zero attached hydrogens (tertiary/aromatic N) is 2. The number of para-hydroxylation sites is 1. The van der Waals surface area contributed by atoms with E-state index in [9.17, 15) is 9.59 Å². The third kappa shape index (κ3) is 4.74. The molecule has 1 aromatic heterocycles.